The van der Waals surface area contributed by atoms with Gasteiger partial charge in [0.2, 0.25) is 11.8 Å². The molecule has 3 aromatic carbocycles. The van der Waals surface area contributed by atoms with Crippen LogP contribution in [0.2, 0.25) is 0 Å². The van der Waals surface area contributed by atoms with Crippen LogP contribution in [0.5, 0.6) is 0 Å². The fourth-order valence-electron chi connectivity index (χ4n) is 4.46. The number of amides is 2. The van der Waals surface area contributed by atoms with Gasteiger partial charge in [-0.25, -0.2) is 0 Å². The van der Waals surface area contributed by atoms with Crippen molar-refractivity contribution < 1.29 is 9.59 Å². The lowest BCUT2D eigenvalue weighted by Gasteiger charge is -2.20. The fraction of sp³-hybridized carbons (Fsp3) is 0.250. The van der Waals surface area contributed by atoms with E-state index < -0.39 is 0 Å². The first kappa shape index (κ1) is 17.0. The average Bonchev–Trinajstić information content (AvgIpc) is 3.29. The number of hydrogen-bond donors (Lipinski definition) is 1. The second kappa shape index (κ2) is 6.48. The largest absolute Gasteiger partial charge is 0.326 e. The molecule has 1 N–H and O–H groups in total. The van der Waals surface area contributed by atoms with Crippen molar-refractivity contribution in [2.45, 2.75) is 26.2 Å². The molecule has 1 atom stereocenters. The van der Waals surface area contributed by atoms with Gasteiger partial charge in [0, 0.05) is 24.0 Å². The molecule has 28 heavy (non-hydrogen) atoms. The SMILES string of the molecule is Cc1ccc(NC(=O)[C@H]2CC(=O)N(c3ccc4c5c(cccc35)CC4)C2)cc1. The minimum atomic E-state index is -0.336. The van der Waals surface area contributed by atoms with Gasteiger partial charge in [-0.15, -0.1) is 0 Å². The Balaban J connectivity index is 1.41. The molecule has 0 bridgehead atoms. The summed E-state index contributed by atoms with van der Waals surface area (Å²) in [6.07, 6.45) is 2.37. The predicted octanol–water partition coefficient (Wildman–Crippen LogP) is 4.24. The number of carbonyl (C=O) groups excluding carboxylic acids is 2. The van der Waals surface area contributed by atoms with Crippen LogP contribution in [0.4, 0.5) is 11.4 Å². The first-order valence-electron chi connectivity index (χ1n) is 9.81. The van der Waals surface area contributed by atoms with Crippen LogP contribution in [0, 0.1) is 12.8 Å². The van der Waals surface area contributed by atoms with E-state index in [4.69, 9.17) is 0 Å². The van der Waals surface area contributed by atoms with E-state index in [9.17, 15) is 9.59 Å². The number of nitrogens with one attached hydrogen (secondary N) is 1. The summed E-state index contributed by atoms with van der Waals surface area (Å²) in [6, 6.07) is 18.2. The summed E-state index contributed by atoms with van der Waals surface area (Å²) in [6.45, 7) is 2.44. The molecule has 3 aromatic rings. The monoisotopic (exact) mass is 370 g/mol. The van der Waals surface area contributed by atoms with Crippen molar-refractivity contribution in [2.24, 2.45) is 5.92 Å². The molecule has 1 aliphatic carbocycles. The first-order valence-corrected chi connectivity index (χ1v) is 9.81. The molecule has 2 amide bonds. The van der Waals surface area contributed by atoms with Gasteiger partial charge in [0.05, 0.1) is 11.6 Å². The van der Waals surface area contributed by atoms with Crippen LogP contribution in [-0.2, 0) is 22.4 Å². The Hall–Kier alpha value is -3.14. The standard InChI is InChI=1S/C24H22N2O2/c1-15-5-10-19(11-6-15)25-24(28)18-13-22(27)26(14-18)21-12-9-17-8-7-16-3-2-4-20(21)23(16)17/h2-6,9-12,18H,7-8,13-14H2,1H3,(H,25,28)/t18-/m0/s1. The second-order valence-electron chi connectivity index (χ2n) is 7.84. The second-order valence-corrected chi connectivity index (χ2v) is 7.84. The van der Waals surface area contributed by atoms with Gasteiger partial charge >= 0.3 is 0 Å². The Morgan fingerprint density at radius 3 is 2.54 bits per heavy atom. The Kier molecular flexibility index (Phi) is 3.93. The zero-order chi connectivity index (χ0) is 19.3. The molecule has 0 unspecified atom stereocenters. The third kappa shape index (κ3) is 2.76. The number of aryl methyl sites for hydroxylation is 3. The van der Waals surface area contributed by atoms with Crippen LogP contribution >= 0.6 is 0 Å². The summed E-state index contributed by atoms with van der Waals surface area (Å²) >= 11 is 0. The molecule has 1 saturated heterocycles. The fourth-order valence-corrected chi connectivity index (χ4v) is 4.46. The lowest BCUT2D eigenvalue weighted by Crippen LogP contribution is -2.28. The van der Waals surface area contributed by atoms with Gasteiger partial charge in [-0.1, -0.05) is 42.0 Å². The van der Waals surface area contributed by atoms with Gasteiger partial charge in [0.25, 0.3) is 0 Å². The van der Waals surface area contributed by atoms with Gasteiger partial charge in [-0.2, -0.15) is 0 Å². The van der Waals surface area contributed by atoms with Gasteiger partial charge in [-0.05, 0) is 54.5 Å². The van der Waals surface area contributed by atoms with Crippen LogP contribution in [0.25, 0.3) is 10.8 Å². The minimum absolute atomic E-state index is 0.0164. The van der Waals surface area contributed by atoms with E-state index in [0.29, 0.717) is 6.54 Å². The summed E-state index contributed by atoms with van der Waals surface area (Å²) < 4.78 is 0. The van der Waals surface area contributed by atoms with E-state index in [0.717, 1.165) is 35.2 Å². The Labute approximate surface area is 164 Å². The van der Waals surface area contributed by atoms with E-state index in [1.54, 1.807) is 4.90 Å². The molecule has 5 rings (SSSR count). The molecule has 1 aliphatic heterocycles. The van der Waals surface area contributed by atoms with Crippen LogP contribution in [0.15, 0.2) is 54.6 Å². The Bertz CT molecular complexity index is 1090. The molecule has 4 heteroatoms. The van der Waals surface area contributed by atoms with Crippen LogP contribution < -0.4 is 10.2 Å². The quantitative estimate of drug-likeness (QED) is 0.750. The van der Waals surface area contributed by atoms with Crippen LogP contribution in [0.3, 0.4) is 0 Å². The number of hydrogen-bond acceptors (Lipinski definition) is 2. The first-order chi connectivity index (χ1) is 13.6. The smallest absolute Gasteiger partial charge is 0.229 e. The Morgan fingerprint density at radius 2 is 1.75 bits per heavy atom. The topological polar surface area (TPSA) is 49.4 Å². The van der Waals surface area contributed by atoms with Crippen molar-refractivity contribution in [3.63, 3.8) is 0 Å². The maximum Gasteiger partial charge on any atom is 0.229 e. The number of carbonyl (C=O) groups is 2. The maximum absolute atomic E-state index is 12.8. The van der Waals surface area contributed by atoms with Crippen molar-refractivity contribution in [2.75, 3.05) is 16.8 Å². The van der Waals surface area contributed by atoms with Gasteiger partial charge in [0.1, 0.15) is 0 Å². The molecule has 4 nitrogen and oxygen atoms in total. The Morgan fingerprint density at radius 1 is 1.00 bits per heavy atom. The summed E-state index contributed by atoms with van der Waals surface area (Å²) in [5, 5.41) is 5.37. The average molecular weight is 370 g/mol. The molecular formula is C24H22N2O2. The molecule has 140 valence electrons. The number of benzene rings is 3. The molecule has 0 saturated carbocycles. The van der Waals surface area contributed by atoms with Crippen LogP contribution in [0.1, 0.15) is 23.1 Å². The molecule has 1 heterocycles. The van der Waals surface area contributed by atoms with Crippen molar-refractivity contribution in [3.05, 3.63) is 71.3 Å². The molecular weight excluding hydrogens is 348 g/mol. The van der Waals surface area contributed by atoms with Crippen molar-refractivity contribution in [1.82, 2.24) is 0 Å². The molecule has 1 fully saturated rings. The minimum Gasteiger partial charge on any atom is -0.326 e. The highest BCUT2D eigenvalue weighted by molar-refractivity contribution is 6.09. The third-order valence-corrected chi connectivity index (χ3v) is 5.96. The van der Waals surface area contributed by atoms with Crippen LogP contribution in [-0.4, -0.2) is 18.4 Å². The zero-order valence-corrected chi connectivity index (χ0v) is 15.9. The number of anilines is 2. The van der Waals surface area contributed by atoms with E-state index in [1.807, 2.05) is 37.3 Å². The lowest BCUT2D eigenvalue weighted by molar-refractivity contribution is -0.122. The van der Waals surface area contributed by atoms with E-state index in [2.05, 4.69) is 29.6 Å². The van der Waals surface area contributed by atoms with Gasteiger partial charge < -0.3 is 10.2 Å². The van der Waals surface area contributed by atoms with E-state index in [1.165, 1.54) is 16.5 Å². The van der Waals surface area contributed by atoms with Crippen molar-refractivity contribution in [1.29, 1.82) is 0 Å². The number of rotatable bonds is 3. The normalized spacial score (nSPS) is 18.1. The zero-order valence-electron chi connectivity index (χ0n) is 15.9. The highest BCUT2D eigenvalue weighted by Crippen LogP contribution is 2.38. The highest BCUT2D eigenvalue weighted by atomic mass is 16.2. The maximum atomic E-state index is 12.8. The summed E-state index contributed by atoms with van der Waals surface area (Å²) in [4.78, 5) is 27.3. The van der Waals surface area contributed by atoms with Gasteiger partial charge in [-0.3, -0.25) is 9.59 Å². The summed E-state index contributed by atoms with van der Waals surface area (Å²) in [7, 11) is 0. The molecule has 0 aromatic heterocycles. The molecule has 2 aliphatic rings. The number of nitrogens with zero attached hydrogens (tertiary/aromatic N) is 1. The lowest BCUT2D eigenvalue weighted by atomic mass is 10.0. The predicted molar refractivity (Wildman–Crippen MR) is 112 cm³/mol. The highest BCUT2D eigenvalue weighted by Gasteiger charge is 2.36. The summed E-state index contributed by atoms with van der Waals surface area (Å²) in [5.74, 6) is -0.412. The van der Waals surface area contributed by atoms with Crippen molar-refractivity contribution >= 4 is 34.0 Å². The summed E-state index contributed by atoms with van der Waals surface area (Å²) in [5.41, 5.74) is 5.56. The third-order valence-electron chi connectivity index (χ3n) is 5.96. The molecule has 0 radical (unpaired) electrons. The van der Waals surface area contributed by atoms with E-state index in [-0.39, 0.29) is 24.2 Å². The van der Waals surface area contributed by atoms with Crippen molar-refractivity contribution in [3.8, 4) is 0 Å². The molecule has 0 spiro atoms. The van der Waals surface area contributed by atoms with E-state index >= 15 is 0 Å². The van der Waals surface area contributed by atoms with Gasteiger partial charge in [0.15, 0.2) is 0 Å².